The van der Waals surface area contributed by atoms with Gasteiger partial charge >= 0.3 is 0 Å². The van der Waals surface area contributed by atoms with Crippen LogP contribution in [0.3, 0.4) is 0 Å². The number of ether oxygens (including phenoxy) is 2. The van der Waals surface area contributed by atoms with Crippen LogP contribution in [0.15, 0.2) is 40.9 Å². The first-order valence-electron chi connectivity index (χ1n) is 5.51. The molecule has 0 amide bonds. The van der Waals surface area contributed by atoms with Crippen molar-refractivity contribution < 1.29 is 9.47 Å². The molecule has 0 aliphatic rings. The first-order valence-corrected chi connectivity index (χ1v) is 7.06. The fraction of sp³-hybridized carbons (Fsp3) is 0.143. The average molecular weight is 362 g/mol. The molecule has 0 aliphatic carbocycles. The third kappa shape index (κ3) is 3.56. The summed E-state index contributed by atoms with van der Waals surface area (Å²) in [4.78, 5) is 0. The topological polar surface area (TPSA) is 18.5 Å². The summed E-state index contributed by atoms with van der Waals surface area (Å²) in [7, 11) is 1.63. The van der Waals surface area contributed by atoms with E-state index in [-0.39, 0.29) is 0 Å². The van der Waals surface area contributed by atoms with Crippen LogP contribution >= 0.6 is 39.1 Å². The van der Waals surface area contributed by atoms with Crippen LogP contribution in [0.2, 0.25) is 10.0 Å². The van der Waals surface area contributed by atoms with Crippen molar-refractivity contribution in [1.82, 2.24) is 0 Å². The lowest BCUT2D eigenvalue weighted by atomic mass is 10.2. The molecule has 5 heteroatoms. The average Bonchev–Trinajstić information content (AvgIpc) is 2.42. The van der Waals surface area contributed by atoms with Gasteiger partial charge in [-0.05, 0) is 30.3 Å². The molecule has 100 valence electrons. The lowest BCUT2D eigenvalue weighted by molar-refractivity contribution is 0.304. The molecule has 19 heavy (non-hydrogen) atoms. The highest BCUT2D eigenvalue weighted by atomic mass is 79.9. The Hall–Kier alpha value is -0.900. The molecule has 0 radical (unpaired) electrons. The van der Waals surface area contributed by atoms with E-state index in [1.165, 1.54) is 0 Å². The van der Waals surface area contributed by atoms with Crippen LogP contribution in [0.25, 0.3) is 0 Å². The second kappa shape index (κ2) is 6.51. The molecular weight excluding hydrogens is 351 g/mol. The van der Waals surface area contributed by atoms with Crippen molar-refractivity contribution >= 4 is 39.1 Å². The highest BCUT2D eigenvalue weighted by Gasteiger charge is 2.07. The first-order chi connectivity index (χ1) is 9.11. The Kier molecular flexibility index (Phi) is 4.97. The summed E-state index contributed by atoms with van der Waals surface area (Å²) in [5.74, 6) is 1.34. The monoisotopic (exact) mass is 360 g/mol. The van der Waals surface area contributed by atoms with E-state index in [0.29, 0.717) is 22.4 Å². The molecule has 0 atom stereocenters. The maximum atomic E-state index is 6.06. The molecular formula is C14H11BrCl2O2. The van der Waals surface area contributed by atoms with E-state index in [0.717, 1.165) is 15.8 Å². The third-order valence-electron chi connectivity index (χ3n) is 2.55. The zero-order valence-corrected chi connectivity index (χ0v) is 13.2. The highest BCUT2D eigenvalue weighted by molar-refractivity contribution is 9.10. The molecule has 0 fully saturated rings. The molecule has 0 aliphatic heterocycles. The lowest BCUT2D eigenvalue weighted by Gasteiger charge is -2.11. The summed E-state index contributed by atoms with van der Waals surface area (Å²) in [5.41, 5.74) is 0.968. The summed E-state index contributed by atoms with van der Waals surface area (Å²) < 4.78 is 11.8. The van der Waals surface area contributed by atoms with Crippen molar-refractivity contribution in [3.05, 3.63) is 56.5 Å². The van der Waals surface area contributed by atoms with Gasteiger partial charge in [0.1, 0.15) is 23.1 Å². The number of hydrogen-bond donors (Lipinski definition) is 0. The molecule has 0 heterocycles. The van der Waals surface area contributed by atoms with E-state index in [2.05, 4.69) is 15.9 Å². The number of halogens is 3. The number of methoxy groups -OCH3 is 1. The molecule has 0 unspecified atom stereocenters. The van der Waals surface area contributed by atoms with Gasteiger partial charge in [0.05, 0.1) is 12.1 Å². The van der Waals surface area contributed by atoms with Gasteiger partial charge in [-0.25, -0.2) is 0 Å². The van der Waals surface area contributed by atoms with Crippen LogP contribution in [-0.4, -0.2) is 7.11 Å². The first kappa shape index (κ1) is 14.5. The molecule has 0 N–H and O–H groups in total. The minimum Gasteiger partial charge on any atom is -0.497 e. The van der Waals surface area contributed by atoms with Gasteiger partial charge in [-0.3, -0.25) is 0 Å². The summed E-state index contributed by atoms with van der Waals surface area (Å²) >= 11 is 15.5. The molecule has 2 aromatic carbocycles. The van der Waals surface area contributed by atoms with Gasteiger partial charge in [0.25, 0.3) is 0 Å². The number of hydrogen-bond acceptors (Lipinski definition) is 2. The van der Waals surface area contributed by atoms with Gasteiger partial charge in [0.15, 0.2) is 0 Å². The van der Waals surface area contributed by atoms with E-state index >= 15 is 0 Å². The van der Waals surface area contributed by atoms with Gasteiger partial charge < -0.3 is 9.47 Å². The fourth-order valence-electron chi connectivity index (χ4n) is 1.54. The van der Waals surface area contributed by atoms with Crippen LogP contribution in [0.4, 0.5) is 0 Å². The molecule has 0 saturated heterocycles. The largest absolute Gasteiger partial charge is 0.497 e. The highest BCUT2D eigenvalue weighted by Crippen LogP contribution is 2.32. The Bertz CT molecular complexity index is 588. The zero-order chi connectivity index (χ0) is 13.8. The normalized spacial score (nSPS) is 10.3. The molecule has 2 nitrogen and oxygen atoms in total. The van der Waals surface area contributed by atoms with Crippen molar-refractivity contribution in [2.24, 2.45) is 0 Å². The molecule has 0 bridgehead atoms. The Morgan fingerprint density at radius 2 is 1.95 bits per heavy atom. The predicted octanol–water partition coefficient (Wildman–Crippen LogP) is 5.34. The Morgan fingerprint density at radius 1 is 1.16 bits per heavy atom. The quantitative estimate of drug-likeness (QED) is 0.731. The van der Waals surface area contributed by atoms with E-state index in [1.54, 1.807) is 25.3 Å². The van der Waals surface area contributed by atoms with Crippen LogP contribution in [0.1, 0.15) is 5.56 Å². The van der Waals surface area contributed by atoms with Crippen LogP contribution in [0, 0.1) is 0 Å². The van der Waals surface area contributed by atoms with E-state index in [9.17, 15) is 0 Å². The van der Waals surface area contributed by atoms with Crippen molar-refractivity contribution in [2.75, 3.05) is 7.11 Å². The standard InChI is InChI=1S/C14H11BrCl2O2/c1-18-10-5-6-11(15)9(7-10)8-19-13-4-2-3-12(16)14(13)17/h2-7H,8H2,1H3. The van der Waals surface area contributed by atoms with Gasteiger partial charge in [-0.1, -0.05) is 45.2 Å². The van der Waals surface area contributed by atoms with Gasteiger partial charge in [-0.15, -0.1) is 0 Å². The van der Waals surface area contributed by atoms with Crippen molar-refractivity contribution in [3.8, 4) is 11.5 Å². The predicted molar refractivity (Wildman–Crippen MR) is 81.5 cm³/mol. The molecule has 2 rings (SSSR count). The second-order valence-electron chi connectivity index (χ2n) is 3.80. The minimum atomic E-state index is 0.373. The Labute approximate surface area is 130 Å². The Morgan fingerprint density at radius 3 is 2.68 bits per heavy atom. The van der Waals surface area contributed by atoms with Crippen molar-refractivity contribution in [1.29, 1.82) is 0 Å². The Balaban J connectivity index is 2.16. The third-order valence-corrected chi connectivity index (χ3v) is 4.13. The number of rotatable bonds is 4. The van der Waals surface area contributed by atoms with Crippen molar-refractivity contribution in [3.63, 3.8) is 0 Å². The van der Waals surface area contributed by atoms with Crippen LogP contribution in [0.5, 0.6) is 11.5 Å². The zero-order valence-electron chi connectivity index (χ0n) is 10.1. The minimum absolute atomic E-state index is 0.373. The molecule has 0 saturated carbocycles. The smallest absolute Gasteiger partial charge is 0.139 e. The fourth-order valence-corrected chi connectivity index (χ4v) is 2.25. The van der Waals surface area contributed by atoms with Crippen molar-refractivity contribution in [2.45, 2.75) is 6.61 Å². The maximum Gasteiger partial charge on any atom is 0.139 e. The maximum absolute atomic E-state index is 6.06. The van der Waals surface area contributed by atoms with E-state index < -0.39 is 0 Å². The lowest BCUT2D eigenvalue weighted by Crippen LogP contribution is -1.98. The van der Waals surface area contributed by atoms with E-state index in [4.69, 9.17) is 32.7 Å². The van der Waals surface area contributed by atoms with Gasteiger partial charge in [0.2, 0.25) is 0 Å². The van der Waals surface area contributed by atoms with Crippen LogP contribution < -0.4 is 9.47 Å². The summed E-state index contributed by atoms with van der Waals surface area (Å²) in [6, 6.07) is 11.0. The molecule has 2 aromatic rings. The SMILES string of the molecule is COc1ccc(Br)c(COc2cccc(Cl)c2Cl)c1. The summed E-state index contributed by atoms with van der Waals surface area (Å²) in [6.45, 7) is 0.373. The summed E-state index contributed by atoms with van der Waals surface area (Å²) in [5, 5.41) is 0.895. The molecule has 0 spiro atoms. The molecule has 0 aromatic heterocycles. The van der Waals surface area contributed by atoms with E-state index in [1.807, 2.05) is 18.2 Å². The summed E-state index contributed by atoms with van der Waals surface area (Å²) in [6.07, 6.45) is 0. The van der Waals surface area contributed by atoms with Gasteiger partial charge in [-0.2, -0.15) is 0 Å². The second-order valence-corrected chi connectivity index (χ2v) is 5.44. The number of benzene rings is 2. The van der Waals surface area contributed by atoms with Crippen LogP contribution in [-0.2, 0) is 6.61 Å². The van der Waals surface area contributed by atoms with Gasteiger partial charge in [0, 0.05) is 10.0 Å².